The first kappa shape index (κ1) is 20.1. The SMILES string of the molecule is O=C(Cn1c(=O)c(=O)n(Cc2ccccc2)c2ccccc21)NC1CCCCCC1. The van der Waals surface area contributed by atoms with Crippen molar-refractivity contribution in [2.45, 2.75) is 57.7 Å². The summed E-state index contributed by atoms with van der Waals surface area (Å²) in [6, 6.07) is 17.0. The van der Waals surface area contributed by atoms with Gasteiger partial charge in [-0.3, -0.25) is 23.5 Å². The van der Waals surface area contributed by atoms with Crippen molar-refractivity contribution in [2.75, 3.05) is 0 Å². The third-order valence-electron chi connectivity index (χ3n) is 5.84. The Kier molecular flexibility index (Phi) is 6.12. The lowest BCUT2D eigenvalue weighted by Gasteiger charge is -2.18. The Morgan fingerprint density at radius 2 is 1.37 bits per heavy atom. The molecule has 0 radical (unpaired) electrons. The van der Waals surface area contributed by atoms with Gasteiger partial charge in [0.25, 0.3) is 0 Å². The monoisotopic (exact) mass is 405 g/mol. The van der Waals surface area contributed by atoms with Gasteiger partial charge in [0, 0.05) is 6.04 Å². The molecule has 0 atom stereocenters. The van der Waals surface area contributed by atoms with E-state index in [2.05, 4.69) is 5.32 Å². The fourth-order valence-corrected chi connectivity index (χ4v) is 4.29. The van der Waals surface area contributed by atoms with Gasteiger partial charge in [0.1, 0.15) is 6.54 Å². The highest BCUT2D eigenvalue weighted by atomic mass is 16.2. The summed E-state index contributed by atoms with van der Waals surface area (Å²) in [5, 5.41) is 3.07. The molecule has 2 aromatic carbocycles. The van der Waals surface area contributed by atoms with E-state index in [-0.39, 0.29) is 18.5 Å². The van der Waals surface area contributed by atoms with Crippen LogP contribution in [0, 0.1) is 0 Å². The number of fused-ring (bicyclic) bond motifs is 1. The molecule has 156 valence electrons. The molecule has 6 heteroatoms. The molecule has 1 amide bonds. The molecule has 1 saturated carbocycles. The quantitative estimate of drug-likeness (QED) is 0.524. The number of nitrogens with one attached hydrogen (secondary N) is 1. The summed E-state index contributed by atoms with van der Waals surface area (Å²) in [5.74, 6) is -0.214. The lowest BCUT2D eigenvalue weighted by Crippen LogP contribution is -2.45. The molecule has 3 aromatic rings. The Bertz CT molecular complexity index is 1140. The zero-order valence-electron chi connectivity index (χ0n) is 17.0. The van der Waals surface area contributed by atoms with Crippen LogP contribution in [-0.4, -0.2) is 21.1 Å². The minimum atomic E-state index is -0.666. The van der Waals surface area contributed by atoms with Gasteiger partial charge in [0.2, 0.25) is 5.91 Å². The Hall–Kier alpha value is -3.15. The van der Waals surface area contributed by atoms with E-state index in [0.29, 0.717) is 17.6 Å². The summed E-state index contributed by atoms with van der Waals surface area (Å²) in [6.07, 6.45) is 6.58. The van der Waals surface area contributed by atoms with E-state index < -0.39 is 11.1 Å². The van der Waals surface area contributed by atoms with Crippen molar-refractivity contribution in [3.05, 3.63) is 80.9 Å². The minimum Gasteiger partial charge on any atom is -0.352 e. The number of hydrogen-bond donors (Lipinski definition) is 1. The highest BCUT2D eigenvalue weighted by molar-refractivity contribution is 5.80. The first-order chi connectivity index (χ1) is 14.6. The molecule has 1 heterocycles. The molecular formula is C24H27N3O3. The standard InChI is InChI=1S/C24H27N3O3/c28-22(25-19-12-6-1-2-7-13-19)17-27-21-15-9-8-14-20(21)26(23(29)24(27)30)16-18-10-4-3-5-11-18/h3-5,8-11,14-15,19H,1-2,6-7,12-13,16-17H2,(H,25,28). The van der Waals surface area contributed by atoms with Crippen LogP contribution < -0.4 is 16.4 Å². The van der Waals surface area contributed by atoms with Gasteiger partial charge in [0.05, 0.1) is 17.6 Å². The second-order valence-electron chi connectivity index (χ2n) is 8.01. The summed E-state index contributed by atoms with van der Waals surface area (Å²) in [5.41, 5.74) is 0.899. The lowest BCUT2D eigenvalue weighted by molar-refractivity contribution is -0.122. The van der Waals surface area contributed by atoms with E-state index in [0.717, 1.165) is 31.2 Å². The molecule has 1 aromatic heterocycles. The molecule has 0 spiro atoms. The normalized spacial score (nSPS) is 15.1. The van der Waals surface area contributed by atoms with Gasteiger partial charge in [-0.05, 0) is 30.5 Å². The van der Waals surface area contributed by atoms with Crippen molar-refractivity contribution >= 4 is 16.9 Å². The van der Waals surface area contributed by atoms with Gasteiger partial charge in [-0.25, -0.2) is 0 Å². The van der Waals surface area contributed by atoms with Crippen LogP contribution in [0.5, 0.6) is 0 Å². The van der Waals surface area contributed by atoms with Crippen LogP contribution >= 0.6 is 0 Å². The van der Waals surface area contributed by atoms with E-state index >= 15 is 0 Å². The zero-order chi connectivity index (χ0) is 20.9. The third-order valence-corrected chi connectivity index (χ3v) is 5.84. The van der Waals surface area contributed by atoms with E-state index in [9.17, 15) is 14.4 Å². The first-order valence-corrected chi connectivity index (χ1v) is 10.7. The Labute approximate surface area is 175 Å². The van der Waals surface area contributed by atoms with Crippen LogP contribution in [0.15, 0.2) is 64.2 Å². The van der Waals surface area contributed by atoms with Crippen molar-refractivity contribution in [2.24, 2.45) is 0 Å². The minimum absolute atomic E-state index is 0.142. The molecular weight excluding hydrogens is 378 g/mol. The molecule has 1 aliphatic carbocycles. The third kappa shape index (κ3) is 4.37. The number of benzene rings is 2. The van der Waals surface area contributed by atoms with Crippen LogP contribution in [0.2, 0.25) is 0 Å². The number of aromatic nitrogens is 2. The summed E-state index contributed by atoms with van der Waals surface area (Å²) >= 11 is 0. The van der Waals surface area contributed by atoms with Gasteiger partial charge in [-0.15, -0.1) is 0 Å². The fourth-order valence-electron chi connectivity index (χ4n) is 4.29. The second kappa shape index (κ2) is 9.11. The predicted octanol–water partition coefficient (Wildman–Crippen LogP) is 3.05. The number of amides is 1. The molecule has 6 nitrogen and oxygen atoms in total. The molecule has 0 aliphatic heterocycles. The van der Waals surface area contributed by atoms with Gasteiger partial charge in [0.15, 0.2) is 0 Å². The van der Waals surface area contributed by atoms with Crippen molar-refractivity contribution < 1.29 is 4.79 Å². The maximum atomic E-state index is 12.9. The van der Waals surface area contributed by atoms with Crippen LogP contribution in [0.4, 0.5) is 0 Å². The average molecular weight is 405 g/mol. The molecule has 1 N–H and O–H groups in total. The highest BCUT2D eigenvalue weighted by Gasteiger charge is 2.18. The maximum absolute atomic E-state index is 12.9. The molecule has 0 bridgehead atoms. The van der Waals surface area contributed by atoms with E-state index in [1.54, 1.807) is 6.07 Å². The van der Waals surface area contributed by atoms with Crippen LogP contribution in [0.25, 0.3) is 11.0 Å². The van der Waals surface area contributed by atoms with E-state index in [1.165, 1.54) is 22.0 Å². The molecule has 30 heavy (non-hydrogen) atoms. The molecule has 4 rings (SSSR count). The van der Waals surface area contributed by atoms with Gasteiger partial charge >= 0.3 is 11.1 Å². The average Bonchev–Trinajstić information content (AvgIpc) is 3.03. The topological polar surface area (TPSA) is 73.1 Å². The number of carbonyl (C=O) groups excluding carboxylic acids is 1. The second-order valence-corrected chi connectivity index (χ2v) is 8.01. The summed E-state index contributed by atoms with van der Waals surface area (Å²) < 4.78 is 2.80. The zero-order valence-corrected chi connectivity index (χ0v) is 17.0. The largest absolute Gasteiger partial charge is 0.352 e. The number of rotatable bonds is 5. The summed E-state index contributed by atoms with van der Waals surface area (Å²) in [7, 11) is 0. The van der Waals surface area contributed by atoms with Crippen molar-refractivity contribution in [3.8, 4) is 0 Å². The lowest BCUT2D eigenvalue weighted by atomic mass is 10.1. The first-order valence-electron chi connectivity index (χ1n) is 10.7. The number of nitrogens with zero attached hydrogens (tertiary/aromatic N) is 2. The molecule has 1 fully saturated rings. The van der Waals surface area contributed by atoms with Gasteiger partial charge in [-0.1, -0.05) is 68.1 Å². The van der Waals surface area contributed by atoms with Crippen LogP contribution in [-0.2, 0) is 17.9 Å². The summed E-state index contributed by atoms with van der Waals surface area (Å²) in [6.45, 7) is 0.168. The Morgan fingerprint density at radius 3 is 2.03 bits per heavy atom. The summed E-state index contributed by atoms with van der Waals surface area (Å²) in [4.78, 5) is 38.5. The maximum Gasteiger partial charge on any atom is 0.317 e. The fraction of sp³-hybridized carbons (Fsp3) is 0.375. The Balaban J connectivity index is 1.66. The van der Waals surface area contributed by atoms with Crippen molar-refractivity contribution in [3.63, 3.8) is 0 Å². The van der Waals surface area contributed by atoms with Crippen molar-refractivity contribution in [1.82, 2.24) is 14.5 Å². The highest BCUT2D eigenvalue weighted by Crippen LogP contribution is 2.17. The molecule has 0 saturated heterocycles. The van der Waals surface area contributed by atoms with Gasteiger partial charge < -0.3 is 5.32 Å². The Morgan fingerprint density at radius 1 is 0.800 bits per heavy atom. The van der Waals surface area contributed by atoms with Crippen LogP contribution in [0.1, 0.15) is 44.1 Å². The number of hydrogen-bond acceptors (Lipinski definition) is 3. The van der Waals surface area contributed by atoms with Gasteiger partial charge in [-0.2, -0.15) is 0 Å². The number of para-hydroxylation sites is 2. The van der Waals surface area contributed by atoms with E-state index in [4.69, 9.17) is 0 Å². The predicted molar refractivity (Wildman–Crippen MR) is 118 cm³/mol. The smallest absolute Gasteiger partial charge is 0.317 e. The number of carbonyl (C=O) groups is 1. The molecule has 0 unspecified atom stereocenters. The molecule has 1 aliphatic rings. The van der Waals surface area contributed by atoms with Crippen molar-refractivity contribution in [1.29, 1.82) is 0 Å². The van der Waals surface area contributed by atoms with Crippen LogP contribution in [0.3, 0.4) is 0 Å². The van der Waals surface area contributed by atoms with E-state index in [1.807, 2.05) is 48.5 Å².